The van der Waals surface area contributed by atoms with E-state index < -0.39 is 0 Å². The summed E-state index contributed by atoms with van der Waals surface area (Å²) >= 11 is 0. The van der Waals surface area contributed by atoms with E-state index in [0.29, 0.717) is 24.0 Å². The number of nitrogens with zero attached hydrogens (tertiary/aromatic N) is 1. The third-order valence-corrected chi connectivity index (χ3v) is 3.80. The maximum absolute atomic E-state index is 11.5. The van der Waals surface area contributed by atoms with Crippen LogP contribution >= 0.6 is 0 Å². The van der Waals surface area contributed by atoms with Crippen LogP contribution in [0.4, 0.5) is 0 Å². The van der Waals surface area contributed by atoms with Crippen molar-refractivity contribution in [2.45, 2.75) is 32.8 Å². The zero-order valence-electron chi connectivity index (χ0n) is 13.0. The van der Waals surface area contributed by atoms with Crippen molar-refractivity contribution in [3.8, 4) is 5.75 Å². The third-order valence-electron chi connectivity index (χ3n) is 3.80. The summed E-state index contributed by atoms with van der Waals surface area (Å²) in [4.78, 5) is 13.9. The lowest BCUT2D eigenvalue weighted by Gasteiger charge is -2.32. The Labute approximate surface area is 127 Å². The van der Waals surface area contributed by atoms with Gasteiger partial charge in [0.15, 0.2) is 5.78 Å². The van der Waals surface area contributed by atoms with Crippen LogP contribution in [0.3, 0.4) is 0 Å². The summed E-state index contributed by atoms with van der Waals surface area (Å²) in [5, 5.41) is 0. The normalized spacial score (nSPS) is 19.4. The fraction of sp³-hybridized carbons (Fsp3) is 0.588. The molecular weight excluding hydrogens is 266 g/mol. The highest BCUT2D eigenvalue weighted by atomic mass is 16.5. The summed E-state index contributed by atoms with van der Waals surface area (Å²) in [5.74, 6) is 0.725. The SMILES string of the molecule is CCOC1CCCN(CCOc2ccccc2C(C)=O)C1. The molecule has 1 atom stereocenters. The monoisotopic (exact) mass is 291 g/mol. The van der Waals surface area contributed by atoms with Gasteiger partial charge < -0.3 is 9.47 Å². The molecule has 4 heteroatoms. The van der Waals surface area contributed by atoms with Gasteiger partial charge in [-0.15, -0.1) is 0 Å². The molecule has 116 valence electrons. The van der Waals surface area contributed by atoms with Gasteiger partial charge in [0, 0.05) is 19.7 Å². The van der Waals surface area contributed by atoms with Crippen LogP contribution in [0.25, 0.3) is 0 Å². The molecule has 0 aromatic heterocycles. The predicted octanol–water partition coefficient (Wildman–Crippen LogP) is 2.77. The number of carbonyl (C=O) groups excluding carboxylic acids is 1. The minimum atomic E-state index is 0.0417. The molecule has 0 spiro atoms. The van der Waals surface area contributed by atoms with Crippen LogP contribution in [-0.2, 0) is 4.74 Å². The van der Waals surface area contributed by atoms with Gasteiger partial charge in [0.25, 0.3) is 0 Å². The molecule has 1 aromatic carbocycles. The van der Waals surface area contributed by atoms with Crippen molar-refractivity contribution >= 4 is 5.78 Å². The fourth-order valence-corrected chi connectivity index (χ4v) is 2.76. The van der Waals surface area contributed by atoms with Crippen LogP contribution in [-0.4, -0.2) is 49.6 Å². The number of carbonyl (C=O) groups is 1. The molecule has 4 nitrogen and oxygen atoms in total. The maximum Gasteiger partial charge on any atom is 0.163 e. The number of rotatable bonds is 7. The number of ketones is 1. The molecule has 1 aliphatic heterocycles. The molecule has 0 radical (unpaired) electrons. The molecule has 1 aliphatic rings. The minimum Gasteiger partial charge on any atom is -0.491 e. The van der Waals surface area contributed by atoms with E-state index in [0.717, 1.165) is 32.7 Å². The zero-order valence-corrected chi connectivity index (χ0v) is 13.0. The lowest BCUT2D eigenvalue weighted by molar-refractivity contribution is 0.00303. The Morgan fingerprint density at radius 1 is 1.38 bits per heavy atom. The summed E-state index contributed by atoms with van der Waals surface area (Å²) in [6.45, 7) is 7.94. The fourth-order valence-electron chi connectivity index (χ4n) is 2.76. The summed E-state index contributed by atoms with van der Waals surface area (Å²) in [7, 11) is 0. The van der Waals surface area contributed by atoms with Gasteiger partial charge in [-0.2, -0.15) is 0 Å². The van der Waals surface area contributed by atoms with Gasteiger partial charge in [-0.3, -0.25) is 9.69 Å². The average Bonchev–Trinajstić information content (AvgIpc) is 2.48. The van der Waals surface area contributed by atoms with E-state index in [-0.39, 0.29) is 5.78 Å². The van der Waals surface area contributed by atoms with E-state index in [9.17, 15) is 4.79 Å². The first kappa shape index (κ1) is 16.0. The van der Waals surface area contributed by atoms with E-state index >= 15 is 0 Å². The van der Waals surface area contributed by atoms with Gasteiger partial charge >= 0.3 is 0 Å². The largest absolute Gasteiger partial charge is 0.491 e. The van der Waals surface area contributed by atoms with Gasteiger partial charge in [-0.1, -0.05) is 12.1 Å². The third kappa shape index (κ3) is 4.83. The minimum absolute atomic E-state index is 0.0417. The Morgan fingerprint density at radius 2 is 2.19 bits per heavy atom. The molecular formula is C17H25NO3. The number of ether oxygens (including phenoxy) is 2. The summed E-state index contributed by atoms with van der Waals surface area (Å²) < 4.78 is 11.5. The number of Topliss-reactive ketones (excluding diaryl/α,β-unsaturated/α-hetero) is 1. The van der Waals surface area contributed by atoms with Crippen molar-refractivity contribution in [1.82, 2.24) is 4.90 Å². The number of benzene rings is 1. The van der Waals surface area contributed by atoms with E-state index in [1.807, 2.05) is 31.2 Å². The zero-order chi connectivity index (χ0) is 15.1. The second-order valence-electron chi connectivity index (χ2n) is 5.42. The average molecular weight is 291 g/mol. The number of para-hydroxylation sites is 1. The number of hydrogen-bond acceptors (Lipinski definition) is 4. The van der Waals surface area contributed by atoms with Gasteiger partial charge in [-0.05, 0) is 45.4 Å². The lowest BCUT2D eigenvalue weighted by Crippen LogP contribution is -2.41. The quantitative estimate of drug-likeness (QED) is 0.724. The second kappa shape index (κ2) is 8.15. The van der Waals surface area contributed by atoms with E-state index in [2.05, 4.69) is 4.90 Å². The Morgan fingerprint density at radius 3 is 2.95 bits per heavy atom. The van der Waals surface area contributed by atoms with Gasteiger partial charge in [0.1, 0.15) is 12.4 Å². The maximum atomic E-state index is 11.5. The van der Waals surface area contributed by atoms with Crippen molar-refractivity contribution in [2.24, 2.45) is 0 Å². The highest BCUT2D eigenvalue weighted by molar-refractivity contribution is 5.96. The van der Waals surface area contributed by atoms with Crippen LogP contribution in [0, 0.1) is 0 Å². The van der Waals surface area contributed by atoms with Crippen LogP contribution < -0.4 is 4.74 Å². The predicted molar refractivity (Wildman–Crippen MR) is 83.0 cm³/mol. The summed E-state index contributed by atoms with van der Waals surface area (Å²) in [6, 6.07) is 7.42. The van der Waals surface area contributed by atoms with Crippen LogP contribution in [0.5, 0.6) is 5.75 Å². The van der Waals surface area contributed by atoms with Crippen molar-refractivity contribution in [3.05, 3.63) is 29.8 Å². The molecule has 1 saturated heterocycles. The standard InChI is InChI=1S/C17H25NO3/c1-3-20-15-7-6-10-18(13-15)11-12-21-17-9-5-4-8-16(17)14(2)19/h4-5,8-9,15H,3,6-7,10-13H2,1-2H3. The molecule has 0 N–H and O–H groups in total. The smallest absolute Gasteiger partial charge is 0.163 e. The van der Waals surface area contributed by atoms with Crippen molar-refractivity contribution in [1.29, 1.82) is 0 Å². The number of piperidine rings is 1. The first-order chi connectivity index (χ1) is 10.2. The van der Waals surface area contributed by atoms with Crippen molar-refractivity contribution in [2.75, 3.05) is 32.8 Å². The molecule has 1 fully saturated rings. The van der Waals surface area contributed by atoms with Crippen molar-refractivity contribution < 1.29 is 14.3 Å². The number of hydrogen-bond donors (Lipinski definition) is 0. The molecule has 1 heterocycles. The summed E-state index contributed by atoms with van der Waals surface area (Å²) in [6.07, 6.45) is 2.68. The van der Waals surface area contributed by atoms with Gasteiger partial charge in [-0.25, -0.2) is 0 Å². The van der Waals surface area contributed by atoms with Crippen molar-refractivity contribution in [3.63, 3.8) is 0 Å². The molecule has 0 bridgehead atoms. The van der Waals surface area contributed by atoms with Crippen LogP contribution in [0.15, 0.2) is 24.3 Å². The highest BCUT2D eigenvalue weighted by Crippen LogP contribution is 2.19. The van der Waals surface area contributed by atoms with E-state index in [4.69, 9.17) is 9.47 Å². The molecule has 2 rings (SSSR count). The van der Waals surface area contributed by atoms with Crippen LogP contribution in [0.2, 0.25) is 0 Å². The molecule has 0 saturated carbocycles. The highest BCUT2D eigenvalue weighted by Gasteiger charge is 2.19. The Kier molecular flexibility index (Phi) is 6.21. The lowest BCUT2D eigenvalue weighted by atomic mass is 10.1. The number of likely N-dealkylation sites (tertiary alicyclic amines) is 1. The van der Waals surface area contributed by atoms with E-state index in [1.54, 1.807) is 6.92 Å². The Balaban J connectivity index is 1.80. The Hall–Kier alpha value is -1.39. The second-order valence-corrected chi connectivity index (χ2v) is 5.42. The molecule has 1 unspecified atom stereocenters. The molecule has 1 aromatic rings. The first-order valence-electron chi connectivity index (χ1n) is 7.77. The first-order valence-corrected chi connectivity index (χ1v) is 7.77. The van der Waals surface area contributed by atoms with Gasteiger partial charge in [0.2, 0.25) is 0 Å². The van der Waals surface area contributed by atoms with Crippen LogP contribution in [0.1, 0.15) is 37.0 Å². The van der Waals surface area contributed by atoms with E-state index in [1.165, 1.54) is 6.42 Å². The topological polar surface area (TPSA) is 38.8 Å². The molecule has 21 heavy (non-hydrogen) atoms. The molecule has 0 aliphatic carbocycles. The Bertz CT molecular complexity index is 459. The summed E-state index contributed by atoms with van der Waals surface area (Å²) in [5.41, 5.74) is 0.656. The van der Waals surface area contributed by atoms with Gasteiger partial charge in [0.05, 0.1) is 11.7 Å². The molecule has 0 amide bonds.